The number of amides is 3. The van der Waals surface area contributed by atoms with Crippen LogP contribution >= 0.6 is 0 Å². The van der Waals surface area contributed by atoms with E-state index in [0.717, 1.165) is 12.0 Å². The van der Waals surface area contributed by atoms with Crippen molar-refractivity contribution in [1.82, 2.24) is 15.5 Å². The molecule has 0 aliphatic rings. The predicted molar refractivity (Wildman–Crippen MR) is 102 cm³/mol. The zero-order valence-corrected chi connectivity index (χ0v) is 16.4. The summed E-state index contributed by atoms with van der Waals surface area (Å²) in [6, 6.07) is 9.77. The Bertz CT molecular complexity index is 552. The number of carbonyl (C=O) groups excluding carboxylic acids is 2. The highest BCUT2D eigenvalue weighted by atomic mass is 16.2. The van der Waals surface area contributed by atoms with Gasteiger partial charge in [0.25, 0.3) is 0 Å². The van der Waals surface area contributed by atoms with Crippen LogP contribution in [0.2, 0.25) is 0 Å². The van der Waals surface area contributed by atoms with E-state index in [0.29, 0.717) is 13.0 Å². The largest absolute Gasteiger partial charge is 0.350 e. The third kappa shape index (κ3) is 7.59. The molecule has 0 aromatic heterocycles. The summed E-state index contributed by atoms with van der Waals surface area (Å²) in [5.41, 5.74) is 0.771. The first-order valence-corrected chi connectivity index (χ1v) is 9.07. The number of benzene rings is 1. The minimum Gasteiger partial charge on any atom is -0.350 e. The van der Waals surface area contributed by atoms with Gasteiger partial charge in [-0.05, 0) is 46.6 Å². The predicted octanol–water partition coefficient (Wildman–Crippen LogP) is 3.86. The second kappa shape index (κ2) is 9.44. The minimum absolute atomic E-state index is 0.0471. The summed E-state index contributed by atoms with van der Waals surface area (Å²) in [7, 11) is 0. The third-order valence-electron chi connectivity index (χ3n) is 4.12. The van der Waals surface area contributed by atoms with Crippen LogP contribution in [0, 0.1) is 0 Å². The lowest BCUT2D eigenvalue weighted by Crippen LogP contribution is -2.52. The molecule has 1 rings (SSSR count). The van der Waals surface area contributed by atoms with Crippen LogP contribution in [0.3, 0.4) is 0 Å². The molecule has 0 radical (unpaired) electrons. The van der Waals surface area contributed by atoms with Gasteiger partial charge in [0.05, 0.1) is 6.04 Å². The van der Waals surface area contributed by atoms with Gasteiger partial charge in [-0.1, -0.05) is 37.3 Å². The quantitative estimate of drug-likeness (QED) is 0.787. The Morgan fingerprint density at radius 3 is 2.24 bits per heavy atom. The van der Waals surface area contributed by atoms with Gasteiger partial charge in [-0.3, -0.25) is 4.79 Å². The first kappa shape index (κ1) is 21.0. The summed E-state index contributed by atoms with van der Waals surface area (Å²) >= 11 is 0. The SMILES string of the molecule is CCC(C)N(CCC(=O)NC(C)c1ccccc1)C(=O)NC(C)(C)C. The molecule has 0 fully saturated rings. The number of rotatable bonds is 7. The van der Waals surface area contributed by atoms with Gasteiger partial charge < -0.3 is 15.5 Å². The molecule has 0 spiro atoms. The van der Waals surface area contributed by atoms with Gasteiger partial charge in [-0.2, -0.15) is 0 Å². The molecule has 1 aromatic carbocycles. The molecule has 0 aliphatic carbocycles. The first-order chi connectivity index (χ1) is 11.6. The van der Waals surface area contributed by atoms with Crippen molar-refractivity contribution in [2.45, 2.75) is 72.0 Å². The van der Waals surface area contributed by atoms with E-state index in [2.05, 4.69) is 10.6 Å². The van der Waals surface area contributed by atoms with Crippen LogP contribution < -0.4 is 10.6 Å². The smallest absolute Gasteiger partial charge is 0.318 e. The van der Waals surface area contributed by atoms with E-state index in [4.69, 9.17) is 0 Å². The maximum Gasteiger partial charge on any atom is 0.318 e. The topological polar surface area (TPSA) is 61.4 Å². The fraction of sp³-hybridized carbons (Fsp3) is 0.600. The molecule has 0 aliphatic heterocycles. The van der Waals surface area contributed by atoms with E-state index in [1.54, 1.807) is 4.90 Å². The van der Waals surface area contributed by atoms with Crippen molar-refractivity contribution < 1.29 is 9.59 Å². The Labute approximate surface area is 152 Å². The van der Waals surface area contributed by atoms with Crippen molar-refractivity contribution >= 4 is 11.9 Å². The van der Waals surface area contributed by atoms with Crippen molar-refractivity contribution in [2.24, 2.45) is 0 Å². The third-order valence-corrected chi connectivity index (χ3v) is 4.12. The van der Waals surface area contributed by atoms with Crippen LogP contribution in [-0.4, -0.2) is 35.0 Å². The first-order valence-electron chi connectivity index (χ1n) is 9.07. The molecule has 0 saturated carbocycles. The van der Waals surface area contributed by atoms with E-state index < -0.39 is 0 Å². The molecule has 0 saturated heterocycles. The molecule has 5 heteroatoms. The van der Waals surface area contributed by atoms with Crippen LogP contribution in [0.15, 0.2) is 30.3 Å². The second-order valence-electron chi connectivity index (χ2n) is 7.58. The van der Waals surface area contributed by atoms with E-state index in [1.165, 1.54) is 0 Å². The number of urea groups is 1. The van der Waals surface area contributed by atoms with Gasteiger partial charge in [-0.25, -0.2) is 4.79 Å². The highest BCUT2D eigenvalue weighted by Crippen LogP contribution is 2.12. The fourth-order valence-corrected chi connectivity index (χ4v) is 2.50. The zero-order chi connectivity index (χ0) is 19.0. The molecule has 25 heavy (non-hydrogen) atoms. The minimum atomic E-state index is -0.299. The van der Waals surface area contributed by atoms with Crippen LogP contribution in [-0.2, 0) is 4.79 Å². The Hall–Kier alpha value is -2.04. The lowest BCUT2D eigenvalue weighted by Gasteiger charge is -2.32. The lowest BCUT2D eigenvalue weighted by atomic mass is 10.1. The van der Waals surface area contributed by atoms with Crippen LogP contribution in [0.4, 0.5) is 4.79 Å². The highest BCUT2D eigenvalue weighted by Gasteiger charge is 2.23. The Balaban J connectivity index is 2.60. The van der Waals surface area contributed by atoms with Crippen molar-refractivity contribution in [3.63, 3.8) is 0 Å². The molecular formula is C20H33N3O2. The molecule has 0 bridgehead atoms. The number of hydrogen-bond acceptors (Lipinski definition) is 2. The molecule has 0 heterocycles. The number of hydrogen-bond donors (Lipinski definition) is 2. The Kier molecular flexibility index (Phi) is 7.94. The van der Waals surface area contributed by atoms with Gasteiger partial charge in [0.2, 0.25) is 5.91 Å². The number of nitrogens with one attached hydrogen (secondary N) is 2. The van der Waals surface area contributed by atoms with E-state index in [1.807, 2.05) is 71.9 Å². The second-order valence-corrected chi connectivity index (χ2v) is 7.58. The molecule has 2 N–H and O–H groups in total. The van der Waals surface area contributed by atoms with Crippen LogP contribution in [0.25, 0.3) is 0 Å². The maximum absolute atomic E-state index is 12.5. The molecule has 2 unspecified atom stereocenters. The molecule has 2 atom stereocenters. The molecule has 1 aromatic rings. The molecule has 3 amide bonds. The fourth-order valence-electron chi connectivity index (χ4n) is 2.50. The molecule has 5 nitrogen and oxygen atoms in total. The normalized spacial score (nSPS) is 13.7. The van der Waals surface area contributed by atoms with E-state index in [-0.39, 0.29) is 29.6 Å². The average molecular weight is 348 g/mol. The average Bonchev–Trinajstić information content (AvgIpc) is 2.53. The van der Waals surface area contributed by atoms with Gasteiger partial charge in [0.15, 0.2) is 0 Å². The highest BCUT2D eigenvalue weighted by molar-refractivity contribution is 5.79. The van der Waals surface area contributed by atoms with Crippen LogP contribution in [0.1, 0.15) is 66.0 Å². The van der Waals surface area contributed by atoms with Crippen molar-refractivity contribution in [3.05, 3.63) is 35.9 Å². The number of carbonyl (C=O) groups is 2. The summed E-state index contributed by atoms with van der Waals surface area (Å²) < 4.78 is 0. The van der Waals surface area contributed by atoms with Gasteiger partial charge in [-0.15, -0.1) is 0 Å². The van der Waals surface area contributed by atoms with Gasteiger partial charge in [0.1, 0.15) is 0 Å². The Morgan fingerprint density at radius 2 is 1.72 bits per heavy atom. The monoisotopic (exact) mass is 347 g/mol. The van der Waals surface area contributed by atoms with Crippen molar-refractivity contribution in [3.8, 4) is 0 Å². The van der Waals surface area contributed by atoms with E-state index in [9.17, 15) is 9.59 Å². The molecule has 140 valence electrons. The van der Waals surface area contributed by atoms with E-state index >= 15 is 0 Å². The summed E-state index contributed by atoms with van der Waals surface area (Å²) in [5.74, 6) is -0.0479. The summed E-state index contributed by atoms with van der Waals surface area (Å²) in [6.45, 7) is 12.3. The zero-order valence-electron chi connectivity index (χ0n) is 16.4. The van der Waals surface area contributed by atoms with Gasteiger partial charge >= 0.3 is 6.03 Å². The number of nitrogens with zero attached hydrogens (tertiary/aromatic N) is 1. The summed E-state index contributed by atoms with van der Waals surface area (Å²) in [6.07, 6.45) is 1.14. The Morgan fingerprint density at radius 1 is 1.12 bits per heavy atom. The van der Waals surface area contributed by atoms with Crippen molar-refractivity contribution in [2.75, 3.05) is 6.54 Å². The summed E-state index contributed by atoms with van der Waals surface area (Å²) in [5, 5.41) is 5.98. The van der Waals surface area contributed by atoms with Gasteiger partial charge in [0, 0.05) is 24.5 Å². The van der Waals surface area contributed by atoms with Crippen LogP contribution in [0.5, 0.6) is 0 Å². The summed E-state index contributed by atoms with van der Waals surface area (Å²) in [4.78, 5) is 26.5. The molecular weight excluding hydrogens is 314 g/mol. The van der Waals surface area contributed by atoms with Crippen molar-refractivity contribution in [1.29, 1.82) is 0 Å². The lowest BCUT2D eigenvalue weighted by molar-refractivity contribution is -0.122. The maximum atomic E-state index is 12.5. The standard InChI is InChI=1S/C20H33N3O2/c1-7-15(2)23(19(25)22-20(4,5)6)14-13-18(24)21-16(3)17-11-9-8-10-12-17/h8-12,15-16H,7,13-14H2,1-6H3,(H,21,24)(H,22,25).